The van der Waals surface area contributed by atoms with E-state index in [-0.39, 0.29) is 11.4 Å². The van der Waals surface area contributed by atoms with E-state index < -0.39 is 0 Å². The van der Waals surface area contributed by atoms with Gasteiger partial charge in [-0.15, -0.1) is 0 Å². The van der Waals surface area contributed by atoms with Crippen molar-refractivity contribution in [3.63, 3.8) is 0 Å². The Morgan fingerprint density at radius 3 is 2.90 bits per heavy atom. The molecule has 0 aromatic heterocycles. The Bertz CT molecular complexity index is 478. The Labute approximate surface area is 132 Å². The maximum atomic E-state index is 13.4. The molecule has 0 bridgehead atoms. The van der Waals surface area contributed by atoms with Crippen molar-refractivity contribution in [1.82, 2.24) is 0 Å². The van der Waals surface area contributed by atoms with E-state index in [0.717, 1.165) is 19.3 Å². The van der Waals surface area contributed by atoms with Crippen molar-refractivity contribution in [1.29, 1.82) is 0 Å². The van der Waals surface area contributed by atoms with Gasteiger partial charge in [0.25, 0.3) is 0 Å². The average Bonchev–Trinajstić information content (AvgIpc) is 2.42. The van der Waals surface area contributed by atoms with E-state index in [9.17, 15) is 4.39 Å². The summed E-state index contributed by atoms with van der Waals surface area (Å²) >= 11 is 6.19. The normalized spacial score (nSPS) is 26.1. The van der Waals surface area contributed by atoms with Crippen LogP contribution in [-0.4, -0.2) is 12.1 Å². The second-order valence-electron chi connectivity index (χ2n) is 6.83. The molecule has 2 rings (SSSR count). The van der Waals surface area contributed by atoms with Crippen LogP contribution in [0.2, 0.25) is 5.02 Å². The molecule has 21 heavy (non-hydrogen) atoms. The molecule has 0 radical (unpaired) electrons. The molecule has 0 aliphatic heterocycles. The first-order valence-electron chi connectivity index (χ1n) is 7.87. The van der Waals surface area contributed by atoms with Gasteiger partial charge in [-0.25, -0.2) is 4.39 Å². The Hall–Kier alpha value is -0.800. The van der Waals surface area contributed by atoms with E-state index in [1.807, 2.05) is 0 Å². The monoisotopic (exact) mass is 312 g/mol. The third-order valence-electron chi connectivity index (χ3n) is 4.47. The molecule has 0 heterocycles. The van der Waals surface area contributed by atoms with Crippen LogP contribution in [-0.2, 0) is 0 Å². The summed E-state index contributed by atoms with van der Waals surface area (Å²) in [6.45, 7) is 5.07. The standard InChI is InChI=1S/C17H26ClFN2/c1-12(2)8-13-4-3-7-17(10-13,11-20)21-16-9-14(19)5-6-15(16)18/h5-6,9,12-13,21H,3-4,7-8,10-11,20H2,1-2H3. The molecular formula is C17H26ClFN2. The van der Waals surface area contributed by atoms with Crippen molar-refractivity contribution in [2.75, 3.05) is 11.9 Å². The number of nitrogens with two attached hydrogens (primary N) is 1. The van der Waals surface area contributed by atoms with Crippen LogP contribution >= 0.6 is 11.6 Å². The third kappa shape index (κ3) is 4.33. The number of halogens is 2. The van der Waals surface area contributed by atoms with Gasteiger partial charge in [-0.1, -0.05) is 38.3 Å². The quantitative estimate of drug-likeness (QED) is 0.817. The van der Waals surface area contributed by atoms with Crippen molar-refractivity contribution < 1.29 is 4.39 Å². The van der Waals surface area contributed by atoms with E-state index in [2.05, 4.69) is 19.2 Å². The highest BCUT2D eigenvalue weighted by Crippen LogP contribution is 2.38. The van der Waals surface area contributed by atoms with Gasteiger partial charge < -0.3 is 11.1 Å². The molecule has 0 amide bonds. The van der Waals surface area contributed by atoms with E-state index in [4.69, 9.17) is 17.3 Å². The fourth-order valence-corrected chi connectivity index (χ4v) is 3.75. The number of hydrogen-bond acceptors (Lipinski definition) is 2. The van der Waals surface area contributed by atoms with E-state index in [1.54, 1.807) is 6.07 Å². The number of nitrogens with one attached hydrogen (secondary N) is 1. The van der Waals surface area contributed by atoms with Gasteiger partial charge in [0, 0.05) is 12.1 Å². The van der Waals surface area contributed by atoms with E-state index >= 15 is 0 Å². The number of benzene rings is 1. The molecule has 1 aromatic carbocycles. The first-order valence-corrected chi connectivity index (χ1v) is 8.25. The molecule has 1 aliphatic carbocycles. The molecule has 1 aromatic rings. The van der Waals surface area contributed by atoms with Crippen LogP contribution < -0.4 is 11.1 Å². The summed E-state index contributed by atoms with van der Waals surface area (Å²) in [5, 5.41) is 4.01. The van der Waals surface area contributed by atoms with Crippen LogP contribution in [0.4, 0.5) is 10.1 Å². The van der Waals surface area contributed by atoms with Crippen LogP contribution in [0.1, 0.15) is 46.0 Å². The van der Waals surface area contributed by atoms with Crippen molar-refractivity contribution in [2.45, 2.75) is 51.5 Å². The van der Waals surface area contributed by atoms with Gasteiger partial charge in [0.1, 0.15) is 5.82 Å². The maximum Gasteiger partial charge on any atom is 0.125 e. The lowest BCUT2D eigenvalue weighted by atomic mass is 9.73. The minimum atomic E-state index is -0.274. The van der Waals surface area contributed by atoms with E-state index in [1.165, 1.54) is 25.0 Å². The highest BCUT2D eigenvalue weighted by Gasteiger charge is 2.35. The Balaban J connectivity index is 2.15. The van der Waals surface area contributed by atoms with Crippen molar-refractivity contribution in [3.05, 3.63) is 29.0 Å². The summed E-state index contributed by atoms with van der Waals surface area (Å²) in [5.74, 6) is 1.10. The van der Waals surface area contributed by atoms with E-state index in [0.29, 0.717) is 29.1 Å². The number of hydrogen-bond donors (Lipinski definition) is 2. The molecule has 1 aliphatic rings. The van der Waals surface area contributed by atoms with Crippen molar-refractivity contribution in [2.24, 2.45) is 17.6 Å². The largest absolute Gasteiger partial charge is 0.377 e. The van der Waals surface area contributed by atoms with Gasteiger partial charge >= 0.3 is 0 Å². The highest BCUT2D eigenvalue weighted by atomic mass is 35.5. The minimum absolute atomic E-state index is 0.157. The molecule has 2 nitrogen and oxygen atoms in total. The Morgan fingerprint density at radius 1 is 1.48 bits per heavy atom. The molecule has 118 valence electrons. The van der Waals surface area contributed by atoms with Gasteiger partial charge in [0.2, 0.25) is 0 Å². The molecule has 0 spiro atoms. The fraction of sp³-hybridized carbons (Fsp3) is 0.647. The predicted molar refractivity (Wildman–Crippen MR) is 88.2 cm³/mol. The third-order valence-corrected chi connectivity index (χ3v) is 4.80. The summed E-state index contributed by atoms with van der Waals surface area (Å²) in [4.78, 5) is 0. The zero-order valence-electron chi connectivity index (χ0n) is 13.0. The minimum Gasteiger partial charge on any atom is -0.377 e. The summed E-state index contributed by atoms with van der Waals surface area (Å²) < 4.78 is 13.4. The molecule has 4 heteroatoms. The topological polar surface area (TPSA) is 38.0 Å². The summed E-state index contributed by atoms with van der Waals surface area (Å²) in [6, 6.07) is 4.44. The highest BCUT2D eigenvalue weighted by molar-refractivity contribution is 6.33. The summed E-state index contributed by atoms with van der Waals surface area (Å²) in [7, 11) is 0. The van der Waals surface area contributed by atoms with Gasteiger partial charge in [-0.05, 0) is 49.3 Å². The molecule has 1 fully saturated rings. The predicted octanol–water partition coefficient (Wildman–Crippen LogP) is 4.82. The van der Waals surface area contributed by atoms with Crippen LogP contribution in [0.25, 0.3) is 0 Å². The van der Waals surface area contributed by atoms with Crippen LogP contribution in [0.15, 0.2) is 18.2 Å². The van der Waals surface area contributed by atoms with Crippen LogP contribution in [0, 0.1) is 17.7 Å². The molecule has 3 N–H and O–H groups in total. The molecule has 2 atom stereocenters. The molecule has 2 unspecified atom stereocenters. The van der Waals surface area contributed by atoms with Gasteiger partial charge in [0.05, 0.1) is 10.7 Å². The van der Waals surface area contributed by atoms with Crippen LogP contribution in [0.5, 0.6) is 0 Å². The van der Waals surface area contributed by atoms with Crippen LogP contribution in [0.3, 0.4) is 0 Å². The summed E-state index contributed by atoms with van der Waals surface area (Å²) in [5.41, 5.74) is 6.57. The summed E-state index contributed by atoms with van der Waals surface area (Å²) in [6.07, 6.45) is 5.70. The zero-order valence-corrected chi connectivity index (χ0v) is 13.7. The molecular weight excluding hydrogens is 287 g/mol. The second kappa shape index (κ2) is 6.97. The first-order chi connectivity index (χ1) is 9.94. The fourth-order valence-electron chi connectivity index (χ4n) is 3.58. The van der Waals surface area contributed by atoms with Gasteiger partial charge in [-0.3, -0.25) is 0 Å². The smallest absolute Gasteiger partial charge is 0.125 e. The zero-order chi connectivity index (χ0) is 15.5. The van der Waals surface area contributed by atoms with Crippen molar-refractivity contribution >= 4 is 17.3 Å². The molecule has 1 saturated carbocycles. The Kier molecular flexibility index (Phi) is 5.50. The van der Waals surface area contributed by atoms with Gasteiger partial charge in [0.15, 0.2) is 0 Å². The van der Waals surface area contributed by atoms with Crippen molar-refractivity contribution in [3.8, 4) is 0 Å². The lowest BCUT2D eigenvalue weighted by molar-refractivity contribution is 0.222. The SMILES string of the molecule is CC(C)CC1CCCC(CN)(Nc2cc(F)ccc2Cl)C1. The average molecular weight is 313 g/mol. The van der Waals surface area contributed by atoms with Gasteiger partial charge in [-0.2, -0.15) is 0 Å². The lowest BCUT2D eigenvalue weighted by Gasteiger charge is -2.42. The first kappa shape index (κ1) is 16.6. The maximum absolute atomic E-state index is 13.4. The second-order valence-corrected chi connectivity index (χ2v) is 7.23. The molecule has 0 saturated heterocycles. The number of rotatable bonds is 5. The number of anilines is 1. The Morgan fingerprint density at radius 2 is 2.24 bits per heavy atom. The lowest BCUT2D eigenvalue weighted by Crippen LogP contribution is -2.49.